The van der Waals surface area contributed by atoms with Gasteiger partial charge in [0.25, 0.3) is 5.91 Å². The summed E-state index contributed by atoms with van der Waals surface area (Å²) in [5.74, 6) is 0.268. The second-order valence-electron chi connectivity index (χ2n) is 5.49. The summed E-state index contributed by atoms with van der Waals surface area (Å²) in [4.78, 5) is 12.4. The number of amides is 1. The molecule has 1 aromatic rings. The summed E-state index contributed by atoms with van der Waals surface area (Å²) in [6.07, 6.45) is 7.00. The predicted octanol–water partition coefficient (Wildman–Crippen LogP) is 4.58. The minimum atomic E-state index is -0.322. The van der Waals surface area contributed by atoms with Crippen LogP contribution in [0.4, 0.5) is 0 Å². The molecule has 0 spiro atoms. The molecule has 0 aliphatic heterocycles. The molecule has 1 N–H and O–H groups in total. The largest absolute Gasteiger partial charge is 0.495 e. The molecule has 1 aliphatic carbocycles. The Bertz CT molecular complexity index is 659. The van der Waals surface area contributed by atoms with Crippen molar-refractivity contribution in [1.82, 2.24) is 5.32 Å². The van der Waals surface area contributed by atoms with E-state index in [1.54, 1.807) is 13.2 Å². The molecule has 0 aromatic heterocycles. The second kappa shape index (κ2) is 8.51. The summed E-state index contributed by atoms with van der Waals surface area (Å²) in [6.45, 7) is 0. The van der Waals surface area contributed by atoms with Crippen molar-refractivity contribution >= 4 is 43.8 Å². The van der Waals surface area contributed by atoms with Crippen molar-refractivity contribution in [2.75, 3.05) is 7.11 Å². The maximum Gasteiger partial charge on any atom is 0.262 e. The van der Waals surface area contributed by atoms with Gasteiger partial charge < -0.3 is 10.1 Å². The van der Waals surface area contributed by atoms with Crippen molar-refractivity contribution in [3.05, 3.63) is 32.2 Å². The van der Waals surface area contributed by atoms with Crippen LogP contribution in [0.15, 0.2) is 26.7 Å². The van der Waals surface area contributed by atoms with Crippen LogP contribution in [0.2, 0.25) is 0 Å². The van der Waals surface area contributed by atoms with Gasteiger partial charge >= 0.3 is 0 Å². The van der Waals surface area contributed by atoms with Gasteiger partial charge in [-0.2, -0.15) is 5.26 Å². The Morgan fingerprint density at radius 3 is 2.65 bits per heavy atom. The summed E-state index contributed by atoms with van der Waals surface area (Å²) >= 11 is 6.83. The minimum absolute atomic E-state index is 0.0823. The van der Waals surface area contributed by atoms with Crippen molar-refractivity contribution in [3.8, 4) is 11.8 Å². The molecule has 1 saturated carbocycles. The highest BCUT2D eigenvalue weighted by atomic mass is 79.9. The Balaban J connectivity index is 2.24. The number of benzene rings is 1. The fourth-order valence-corrected chi connectivity index (χ4v) is 4.14. The van der Waals surface area contributed by atoms with Crippen LogP contribution in [0.1, 0.15) is 37.7 Å². The smallest absolute Gasteiger partial charge is 0.262 e. The number of hydrogen-bond acceptors (Lipinski definition) is 3. The van der Waals surface area contributed by atoms with E-state index in [0.29, 0.717) is 11.3 Å². The third kappa shape index (κ3) is 4.82. The quantitative estimate of drug-likeness (QED) is 0.549. The minimum Gasteiger partial charge on any atom is -0.495 e. The fraction of sp³-hybridized carbons (Fsp3) is 0.412. The molecule has 1 fully saturated rings. The second-order valence-corrected chi connectivity index (χ2v) is 7.26. The third-order valence-electron chi connectivity index (χ3n) is 3.85. The van der Waals surface area contributed by atoms with Crippen LogP contribution in [-0.4, -0.2) is 19.1 Å². The number of hydrogen-bond donors (Lipinski definition) is 1. The molecule has 0 saturated heterocycles. The number of carbonyl (C=O) groups is 1. The third-order valence-corrected chi connectivity index (χ3v) is 4.89. The van der Waals surface area contributed by atoms with E-state index >= 15 is 0 Å². The van der Waals surface area contributed by atoms with Crippen LogP contribution >= 0.6 is 31.9 Å². The Hall–Kier alpha value is -1.32. The van der Waals surface area contributed by atoms with Gasteiger partial charge in [0.15, 0.2) is 0 Å². The Morgan fingerprint density at radius 1 is 1.35 bits per heavy atom. The monoisotopic (exact) mass is 440 g/mol. The van der Waals surface area contributed by atoms with E-state index < -0.39 is 0 Å². The van der Waals surface area contributed by atoms with Crippen molar-refractivity contribution in [1.29, 1.82) is 5.26 Å². The number of nitrogens with one attached hydrogen (secondary N) is 1. The lowest BCUT2D eigenvalue weighted by molar-refractivity contribution is -0.117. The zero-order valence-corrected chi connectivity index (χ0v) is 16.0. The van der Waals surface area contributed by atoms with E-state index in [0.717, 1.165) is 34.6 Å². The number of methoxy groups -OCH3 is 1. The first-order chi connectivity index (χ1) is 11.0. The van der Waals surface area contributed by atoms with Gasteiger partial charge in [-0.25, -0.2) is 0 Å². The first-order valence-electron chi connectivity index (χ1n) is 7.51. The molecule has 1 amide bonds. The lowest BCUT2D eigenvalue weighted by Gasteiger charge is -2.22. The van der Waals surface area contributed by atoms with Crippen molar-refractivity contribution in [2.45, 2.75) is 38.1 Å². The molecule has 1 aliphatic rings. The number of nitriles is 1. The van der Waals surface area contributed by atoms with Gasteiger partial charge in [-0.1, -0.05) is 35.2 Å². The van der Waals surface area contributed by atoms with Crippen molar-refractivity contribution in [3.63, 3.8) is 0 Å². The number of nitrogens with zero attached hydrogens (tertiary/aromatic N) is 1. The first kappa shape index (κ1) is 18.0. The van der Waals surface area contributed by atoms with E-state index in [-0.39, 0.29) is 17.5 Å². The molecule has 4 nitrogen and oxygen atoms in total. The topological polar surface area (TPSA) is 62.1 Å². The summed E-state index contributed by atoms with van der Waals surface area (Å²) < 4.78 is 6.94. The van der Waals surface area contributed by atoms with E-state index in [1.165, 1.54) is 6.42 Å². The van der Waals surface area contributed by atoms with Crippen LogP contribution in [0.25, 0.3) is 6.08 Å². The zero-order valence-electron chi connectivity index (χ0n) is 12.9. The molecule has 122 valence electrons. The normalized spacial score (nSPS) is 15.8. The van der Waals surface area contributed by atoms with Crippen LogP contribution < -0.4 is 10.1 Å². The average Bonchev–Trinajstić information content (AvgIpc) is 2.53. The molecule has 2 rings (SSSR count). The molecule has 0 bridgehead atoms. The van der Waals surface area contributed by atoms with Crippen LogP contribution in [0.5, 0.6) is 5.75 Å². The highest BCUT2D eigenvalue weighted by molar-refractivity contribution is 9.11. The lowest BCUT2D eigenvalue weighted by atomic mass is 9.95. The highest BCUT2D eigenvalue weighted by Crippen LogP contribution is 2.34. The predicted molar refractivity (Wildman–Crippen MR) is 97.0 cm³/mol. The van der Waals surface area contributed by atoms with Gasteiger partial charge in [-0.15, -0.1) is 0 Å². The molecular formula is C17H18Br2N2O2. The first-order valence-corrected chi connectivity index (χ1v) is 9.09. The van der Waals surface area contributed by atoms with Gasteiger partial charge in [-0.05, 0) is 47.0 Å². The summed E-state index contributed by atoms with van der Waals surface area (Å²) in [6, 6.07) is 5.83. The summed E-state index contributed by atoms with van der Waals surface area (Å²) in [5, 5.41) is 12.3. The number of carbonyl (C=O) groups excluding carboxylic acids is 1. The van der Waals surface area contributed by atoms with E-state index in [2.05, 4.69) is 37.2 Å². The summed E-state index contributed by atoms with van der Waals surface area (Å²) in [7, 11) is 1.56. The maximum atomic E-state index is 12.4. The van der Waals surface area contributed by atoms with Crippen molar-refractivity contribution < 1.29 is 9.53 Å². The summed E-state index contributed by atoms with van der Waals surface area (Å²) in [5.41, 5.74) is 0.753. The SMILES string of the molecule is COc1c(Br)cc(Br)cc1/C=C(\C#N)C(=O)NC1CCCCC1. The maximum absolute atomic E-state index is 12.4. The van der Waals surface area contributed by atoms with Gasteiger partial charge in [0.1, 0.15) is 17.4 Å². The van der Waals surface area contributed by atoms with Crippen LogP contribution in [0, 0.1) is 11.3 Å². The molecular weight excluding hydrogens is 424 g/mol. The van der Waals surface area contributed by atoms with Crippen LogP contribution in [-0.2, 0) is 4.79 Å². The van der Waals surface area contributed by atoms with E-state index in [4.69, 9.17) is 4.74 Å². The molecule has 0 heterocycles. The van der Waals surface area contributed by atoms with Gasteiger partial charge in [0.2, 0.25) is 0 Å². The molecule has 6 heteroatoms. The number of rotatable bonds is 4. The Kier molecular flexibility index (Phi) is 6.67. The van der Waals surface area contributed by atoms with Crippen molar-refractivity contribution in [2.24, 2.45) is 0 Å². The van der Waals surface area contributed by atoms with Crippen LogP contribution in [0.3, 0.4) is 0 Å². The van der Waals surface area contributed by atoms with Gasteiger partial charge in [0.05, 0.1) is 11.6 Å². The zero-order chi connectivity index (χ0) is 16.8. The molecule has 23 heavy (non-hydrogen) atoms. The van der Waals surface area contributed by atoms with E-state index in [9.17, 15) is 10.1 Å². The fourth-order valence-electron chi connectivity index (χ4n) is 2.72. The number of ether oxygens (including phenoxy) is 1. The van der Waals surface area contributed by atoms with Gasteiger partial charge in [-0.3, -0.25) is 4.79 Å². The Labute approximate surface area is 153 Å². The van der Waals surface area contributed by atoms with E-state index in [1.807, 2.05) is 18.2 Å². The molecule has 1 aromatic carbocycles. The standard InChI is InChI=1S/C17H18Br2N2O2/c1-23-16-11(8-13(18)9-15(16)19)7-12(10-20)17(22)21-14-5-3-2-4-6-14/h7-9,14H,2-6H2,1H3,(H,21,22)/b12-7+. The average molecular weight is 442 g/mol. The number of halogens is 2. The lowest BCUT2D eigenvalue weighted by Crippen LogP contribution is -2.36. The molecule has 0 unspecified atom stereocenters. The highest BCUT2D eigenvalue weighted by Gasteiger charge is 2.19. The molecule has 0 atom stereocenters. The molecule has 0 radical (unpaired) electrons. The van der Waals surface area contributed by atoms with Gasteiger partial charge in [0, 0.05) is 16.1 Å². The Morgan fingerprint density at radius 2 is 2.04 bits per heavy atom.